The Morgan fingerprint density at radius 3 is 2.16 bits per heavy atom. The Bertz CT molecular complexity index is 410. The summed E-state index contributed by atoms with van der Waals surface area (Å²) < 4.78 is 0. The highest BCUT2D eigenvalue weighted by Gasteiger charge is 2.40. The lowest BCUT2D eigenvalue weighted by molar-refractivity contribution is -0.122. The third-order valence-corrected chi connectivity index (χ3v) is 3.12. The Morgan fingerprint density at radius 2 is 1.58 bits per heavy atom. The van der Waals surface area contributed by atoms with Crippen LogP contribution >= 0.6 is 0 Å². The number of rotatable bonds is 2. The summed E-state index contributed by atoms with van der Waals surface area (Å²) >= 11 is 0. The van der Waals surface area contributed by atoms with Gasteiger partial charge in [-0.3, -0.25) is 4.98 Å². The molecule has 1 aromatic rings. The van der Waals surface area contributed by atoms with Gasteiger partial charge < -0.3 is 20.4 Å². The molecule has 4 N–H and O–H groups in total. The summed E-state index contributed by atoms with van der Waals surface area (Å²) in [5.41, 5.74) is 1.46. The number of pyridine rings is 1. The number of aryl methyl sites for hydroxylation is 1. The second-order valence-corrected chi connectivity index (χ2v) is 4.40. The quantitative estimate of drug-likeness (QED) is 0.639. The van der Waals surface area contributed by atoms with Gasteiger partial charge in [0.25, 0.3) is 0 Å². The molecular formula is C14H23NO4. The Balaban J connectivity index is 0.000000861. The van der Waals surface area contributed by atoms with Crippen molar-refractivity contribution in [3.8, 4) is 0 Å². The van der Waals surface area contributed by atoms with E-state index < -0.39 is 24.4 Å². The van der Waals surface area contributed by atoms with Gasteiger partial charge in [0.1, 0.15) is 24.4 Å². The third kappa shape index (κ3) is 3.12. The molecule has 0 radical (unpaired) electrons. The summed E-state index contributed by atoms with van der Waals surface area (Å²) in [4.78, 5) is 4.24. The predicted octanol–water partition coefficient (Wildman–Crippen LogP) is 0.862. The minimum absolute atomic E-state index is 0.265. The van der Waals surface area contributed by atoms with Gasteiger partial charge in [-0.05, 0) is 12.5 Å². The number of hydrogen-bond donors (Lipinski definition) is 4. The van der Waals surface area contributed by atoms with Gasteiger partial charge >= 0.3 is 0 Å². The van der Waals surface area contributed by atoms with Crippen LogP contribution in [0.3, 0.4) is 0 Å². The molecule has 5 heteroatoms. The average Bonchev–Trinajstić information content (AvgIpc) is 2.45. The lowest BCUT2D eigenvalue weighted by atomic mass is 9.86. The molecule has 1 aliphatic rings. The summed E-state index contributed by atoms with van der Waals surface area (Å²) in [5.74, 6) is 0. The van der Waals surface area contributed by atoms with Crippen molar-refractivity contribution in [1.29, 1.82) is 0 Å². The van der Waals surface area contributed by atoms with Crippen molar-refractivity contribution in [3.05, 3.63) is 29.1 Å². The van der Waals surface area contributed by atoms with Crippen LogP contribution in [0.4, 0.5) is 0 Å². The fourth-order valence-electron chi connectivity index (χ4n) is 2.13. The van der Waals surface area contributed by atoms with Crippen molar-refractivity contribution in [2.45, 2.75) is 58.0 Å². The van der Waals surface area contributed by atoms with Gasteiger partial charge in [0.05, 0.1) is 5.69 Å². The van der Waals surface area contributed by atoms with Crippen LogP contribution in [0.1, 0.15) is 56.4 Å². The van der Waals surface area contributed by atoms with Gasteiger partial charge in [-0.2, -0.15) is 0 Å². The van der Waals surface area contributed by atoms with Gasteiger partial charge in [0.2, 0.25) is 0 Å². The van der Waals surface area contributed by atoms with Crippen LogP contribution in [0.2, 0.25) is 0 Å². The number of aromatic nitrogens is 1. The summed E-state index contributed by atoms with van der Waals surface area (Å²) in [5, 5.41) is 38.7. The topological polar surface area (TPSA) is 93.8 Å². The average molecular weight is 269 g/mol. The molecule has 1 aliphatic carbocycles. The fraction of sp³-hybridized carbons (Fsp3) is 0.643. The predicted molar refractivity (Wildman–Crippen MR) is 71.5 cm³/mol. The first-order valence-electron chi connectivity index (χ1n) is 6.78. The number of fused-ring (bicyclic) bond motifs is 1. The number of hydrogen-bond acceptors (Lipinski definition) is 5. The molecule has 4 unspecified atom stereocenters. The number of nitrogens with zero attached hydrogens (tertiary/aromatic N) is 1. The maximum Gasteiger partial charge on any atom is 0.125 e. The lowest BCUT2D eigenvalue weighted by Crippen LogP contribution is -2.42. The molecule has 1 aromatic heterocycles. The molecule has 0 saturated carbocycles. The standard InChI is InChI=1S/C12H17NO4.C2H6/c1-2-3-6-4-5-7-8(13-6)10(15)12(17)11(16)9(7)14;1-2/h4-5,9-12,14-17H,2-3H2,1H3;1-2H3. The summed E-state index contributed by atoms with van der Waals surface area (Å²) in [6, 6.07) is 3.42. The highest BCUT2D eigenvalue weighted by Crippen LogP contribution is 2.35. The van der Waals surface area contributed by atoms with E-state index in [-0.39, 0.29) is 5.69 Å². The molecule has 0 bridgehead atoms. The van der Waals surface area contributed by atoms with Crippen molar-refractivity contribution in [1.82, 2.24) is 4.98 Å². The molecule has 4 atom stereocenters. The summed E-state index contributed by atoms with van der Waals surface area (Å²) in [6.45, 7) is 6.02. The normalized spacial score (nSPS) is 29.2. The van der Waals surface area contributed by atoms with Crippen molar-refractivity contribution in [2.75, 3.05) is 0 Å². The van der Waals surface area contributed by atoms with E-state index in [4.69, 9.17) is 0 Å². The first-order valence-corrected chi connectivity index (χ1v) is 6.78. The zero-order valence-electron chi connectivity index (χ0n) is 11.6. The minimum Gasteiger partial charge on any atom is -0.387 e. The monoisotopic (exact) mass is 269 g/mol. The third-order valence-electron chi connectivity index (χ3n) is 3.12. The zero-order valence-corrected chi connectivity index (χ0v) is 11.6. The van der Waals surface area contributed by atoms with Crippen LogP contribution in [0.5, 0.6) is 0 Å². The highest BCUT2D eigenvalue weighted by molar-refractivity contribution is 5.32. The van der Waals surface area contributed by atoms with Gasteiger partial charge in [0.15, 0.2) is 0 Å². The largest absolute Gasteiger partial charge is 0.387 e. The van der Waals surface area contributed by atoms with Crippen LogP contribution in [0.25, 0.3) is 0 Å². The first kappa shape index (κ1) is 16.0. The molecule has 108 valence electrons. The van der Waals surface area contributed by atoms with E-state index in [0.717, 1.165) is 18.5 Å². The zero-order chi connectivity index (χ0) is 14.6. The molecule has 0 saturated heterocycles. The van der Waals surface area contributed by atoms with Gasteiger partial charge in [-0.15, -0.1) is 0 Å². The Labute approximate surface area is 113 Å². The Kier molecular flexibility index (Phi) is 5.87. The SMILES string of the molecule is CC.CCCc1ccc2c(n1)C(O)C(O)C(O)C2O. The molecular weight excluding hydrogens is 246 g/mol. The smallest absolute Gasteiger partial charge is 0.125 e. The molecule has 0 aromatic carbocycles. The van der Waals surface area contributed by atoms with E-state index in [0.29, 0.717) is 5.56 Å². The molecule has 1 heterocycles. The fourth-order valence-corrected chi connectivity index (χ4v) is 2.13. The summed E-state index contributed by atoms with van der Waals surface area (Å²) in [6.07, 6.45) is -3.53. The molecule has 0 spiro atoms. The molecule has 5 nitrogen and oxygen atoms in total. The van der Waals surface area contributed by atoms with E-state index in [1.54, 1.807) is 12.1 Å². The second-order valence-electron chi connectivity index (χ2n) is 4.40. The van der Waals surface area contributed by atoms with Gasteiger partial charge in [0, 0.05) is 11.3 Å². The molecule has 0 amide bonds. The summed E-state index contributed by atoms with van der Waals surface area (Å²) in [7, 11) is 0. The molecule has 2 rings (SSSR count). The van der Waals surface area contributed by atoms with E-state index in [9.17, 15) is 20.4 Å². The van der Waals surface area contributed by atoms with E-state index >= 15 is 0 Å². The minimum atomic E-state index is -1.40. The van der Waals surface area contributed by atoms with Crippen molar-refractivity contribution >= 4 is 0 Å². The molecule has 19 heavy (non-hydrogen) atoms. The first-order chi connectivity index (χ1) is 9.06. The van der Waals surface area contributed by atoms with Crippen molar-refractivity contribution < 1.29 is 20.4 Å². The molecule has 0 fully saturated rings. The Morgan fingerprint density at radius 1 is 1.00 bits per heavy atom. The van der Waals surface area contributed by atoms with Crippen molar-refractivity contribution in [3.63, 3.8) is 0 Å². The van der Waals surface area contributed by atoms with Crippen LogP contribution < -0.4 is 0 Å². The van der Waals surface area contributed by atoms with Gasteiger partial charge in [-0.25, -0.2) is 0 Å². The number of aliphatic hydroxyl groups excluding tert-OH is 4. The van der Waals surface area contributed by atoms with Crippen LogP contribution in [0, 0.1) is 0 Å². The van der Waals surface area contributed by atoms with Gasteiger partial charge in [-0.1, -0.05) is 33.3 Å². The Hall–Kier alpha value is -1.01. The van der Waals surface area contributed by atoms with Crippen LogP contribution in [-0.4, -0.2) is 37.6 Å². The maximum atomic E-state index is 9.83. The highest BCUT2D eigenvalue weighted by atomic mass is 16.4. The van der Waals surface area contributed by atoms with Crippen molar-refractivity contribution in [2.24, 2.45) is 0 Å². The number of aliphatic hydroxyl groups is 4. The van der Waals surface area contributed by atoms with Crippen LogP contribution in [-0.2, 0) is 6.42 Å². The molecule has 0 aliphatic heterocycles. The lowest BCUT2D eigenvalue weighted by Gasteiger charge is -2.33. The maximum absolute atomic E-state index is 9.83. The van der Waals surface area contributed by atoms with E-state index in [2.05, 4.69) is 4.98 Å². The van der Waals surface area contributed by atoms with E-state index in [1.807, 2.05) is 20.8 Å². The second kappa shape index (κ2) is 6.96. The van der Waals surface area contributed by atoms with E-state index in [1.165, 1.54) is 0 Å². The van der Waals surface area contributed by atoms with Crippen LogP contribution in [0.15, 0.2) is 12.1 Å².